The Morgan fingerprint density at radius 3 is 2.29 bits per heavy atom. The molecule has 3 aromatic rings. The van der Waals surface area contributed by atoms with Gasteiger partial charge in [0.1, 0.15) is 36.7 Å². The highest BCUT2D eigenvalue weighted by molar-refractivity contribution is 5.93. The first-order valence-electron chi connectivity index (χ1n) is 9.39. The zero-order valence-electron chi connectivity index (χ0n) is 17.2. The van der Waals surface area contributed by atoms with E-state index in [-0.39, 0.29) is 22.7 Å². The maximum Gasteiger partial charge on any atom is 0.163 e. The molecule has 0 saturated heterocycles. The molecule has 0 aliphatic heterocycles. The van der Waals surface area contributed by atoms with E-state index < -0.39 is 0 Å². The summed E-state index contributed by atoms with van der Waals surface area (Å²) in [5.74, 6) is 3.22. The van der Waals surface area contributed by atoms with E-state index in [0.29, 0.717) is 54.6 Å². The number of methoxy groups -OCH3 is 2. The molecule has 1 aromatic heterocycles. The first-order valence-corrected chi connectivity index (χ1v) is 9.39. The van der Waals surface area contributed by atoms with Crippen LogP contribution in [0.3, 0.4) is 0 Å². The van der Waals surface area contributed by atoms with Gasteiger partial charge < -0.3 is 34.5 Å². The fourth-order valence-electron chi connectivity index (χ4n) is 2.81. The Labute approximate surface area is 179 Å². The number of aromatic nitrogens is 2. The fourth-order valence-corrected chi connectivity index (χ4v) is 2.81. The molecule has 0 aliphatic rings. The third kappa shape index (κ3) is 5.06. The van der Waals surface area contributed by atoms with E-state index in [2.05, 4.69) is 21.2 Å². The van der Waals surface area contributed by atoms with Crippen molar-refractivity contribution in [3.05, 3.63) is 36.2 Å². The lowest BCUT2D eigenvalue weighted by molar-refractivity contribution is 0.132. The molecular formula is C22H23N3O6. The summed E-state index contributed by atoms with van der Waals surface area (Å²) in [6.07, 6.45) is 6.76. The van der Waals surface area contributed by atoms with Crippen molar-refractivity contribution in [1.29, 1.82) is 0 Å². The van der Waals surface area contributed by atoms with E-state index >= 15 is 0 Å². The summed E-state index contributed by atoms with van der Waals surface area (Å²) in [5.41, 5.74) is 0.869. The molecule has 1 heterocycles. The Bertz CT molecular complexity index is 1100. The van der Waals surface area contributed by atoms with Gasteiger partial charge in [0.05, 0.1) is 24.4 Å². The second kappa shape index (κ2) is 10.3. The van der Waals surface area contributed by atoms with Gasteiger partial charge in [0, 0.05) is 25.7 Å². The smallest absolute Gasteiger partial charge is 0.163 e. The van der Waals surface area contributed by atoms with Gasteiger partial charge in [0.2, 0.25) is 0 Å². The molecule has 2 aromatic carbocycles. The van der Waals surface area contributed by atoms with E-state index in [1.54, 1.807) is 26.4 Å². The Balaban J connectivity index is 2.01. The van der Waals surface area contributed by atoms with E-state index in [1.165, 1.54) is 18.5 Å². The predicted octanol–water partition coefficient (Wildman–Crippen LogP) is 2.82. The average Bonchev–Trinajstić information content (AvgIpc) is 2.77. The highest BCUT2D eigenvalue weighted by Gasteiger charge is 2.15. The van der Waals surface area contributed by atoms with Gasteiger partial charge in [0.15, 0.2) is 17.2 Å². The predicted molar refractivity (Wildman–Crippen MR) is 115 cm³/mol. The van der Waals surface area contributed by atoms with Gasteiger partial charge in [-0.05, 0) is 18.2 Å². The van der Waals surface area contributed by atoms with E-state index in [9.17, 15) is 10.2 Å². The van der Waals surface area contributed by atoms with Crippen LogP contribution in [0.25, 0.3) is 10.9 Å². The molecule has 162 valence electrons. The van der Waals surface area contributed by atoms with Gasteiger partial charge in [-0.1, -0.05) is 5.92 Å². The van der Waals surface area contributed by atoms with Gasteiger partial charge in [-0.2, -0.15) is 0 Å². The Kier molecular flexibility index (Phi) is 7.32. The van der Waals surface area contributed by atoms with Gasteiger partial charge >= 0.3 is 0 Å². The zero-order chi connectivity index (χ0) is 22.2. The SMILES string of the molecule is C#Cc1c(O)ccc(Nc2ncnc3cc(OCCOC)c(OCCOC)cc23)c1O. The molecule has 0 aliphatic carbocycles. The number of hydrogen-bond acceptors (Lipinski definition) is 9. The van der Waals surface area contributed by atoms with Crippen molar-refractivity contribution in [3.63, 3.8) is 0 Å². The molecule has 0 spiro atoms. The second-order valence-electron chi connectivity index (χ2n) is 6.35. The third-order valence-electron chi connectivity index (χ3n) is 4.34. The molecule has 0 fully saturated rings. The minimum atomic E-state index is -0.259. The Morgan fingerprint density at radius 1 is 0.968 bits per heavy atom. The maximum absolute atomic E-state index is 10.4. The number of rotatable bonds is 10. The summed E-state index contributed by atoms with van der Waals surface area (Å²) >= 11 is 0. The van der Waals surface area contributed by atoms with Crippen molar-refractivity contribution in [3.8, 4) is 35.3 Å². The fraction of sp³-hybridized carbons (Fsp3) is 0.273. The number of phenols is 2. The van der Waals surface area contributed by atoms with Crippen molar-refractivity contribution < 1.29 is 29.2 Å². The summed E-state index contributed by atoms with van der Waals surface area (Å²) in [7, 11) is 3.18. The quantitative estimate of drug-likeness (QED) is 0.195. The normalized spacial score (nSPS) is 10.6. The molecule has 31 heavy (non-hydrogen) atoms. The highest BCUT2D eigenvalue weighted by atomic mass is 16.5. The van der Waals surface area contributed by atoms with E-state index in [4.69, 9.17) is 25.4 Å². The van der Waals surface area contributed by atoms with Crippen LogP contribution in [0, 0.1) is 12.3 Å². The first-order chi connectivity index (χ1) is 15.1. The van der Waals surface area contributed by atoms with Crippen LogP contribution in [0.4, 0.5) is 11.5 Å². The van der Waals surface area contributed by atoms with Crippen LogP contribution >= 0.6 is 0 Å². The first kappa shape index (κ1) is 22.0. The highest BCUT2D eigenvalue weighted by Crippen LogP contribution is 2.38. The number of fused-ring (bicyclic) bond motifs is 1. The number of terminal acetylenes is 1. The van der Waals surface area contributed by atoms with Gasteiger partial charge in [-0.3, -0.25) is 0 Å². The number of benzene rings is 2. The van der Waals surface area contributed by atoms with Crippen LogP contribution in [0.1, 0.15) is 5.56 Å². The van der Waals surface area contributed by atoms with Gasteiger partial charge in [-0.25, -0.2) is 9.97 Å². The summed E-state index contributed by atoms with van der Waals surface area (Å²) in [6, 6.07) is 6.37. The minimum absolute atomic E-state index is 0.0132. The molecule has 0 unspecified atom stereocenters. The number of nitrogens with zero attached hydrogens (tertiary/aromatic N) is 2. The average molecular weight is 425 g/mol. The molecule has 0 bridgehead atoms. The standard InChI is InChI=1S/C22H23N3O6/c1-4-14-18(26)6-5-16(21(14)27)25-22-15-11-19(30-9-7-28-2)20(31-10-8-29-3)12-17(15)23-13-24-22/h1,5-6,11-13,26-27H,7-10H2,2-3H3,(H,23,24,25). The number of phenolic OH excluding ortho intramolecular Hbond substituents is 2. The molecule has 3 rings (SSSR count). The molecule has 3 N–H and O–H groups in total. The summed E-state index contributed by atoms with van der Waals surface area (Å²) in [6.45, 7) is 1.49. The number of anilines is 2. The van der Waals surface area contributed by atoms with Crippen LogP contribution in [0.5, 0.6) is 23.0 Å². The Hall–Kier alpha value is -3.74. The third-order valence-corrected chi connectivity index (χ3v) is 4.34. The lowest BCUT2D eigenvalue weighted by Gasteiger charge is -2.16. The lowest BCUT2D eigenvalue weighted by Crippen LogP contribution is -2.09. The summed E-state index contributed by atoms with van der Waals surface area (Å²) in [4.78, 5) is 8.58. The molecule has 9 heteroatoms. The second-order valence-corrected chi connectivity index (χ2v) is 6.35. The number of hydrogen-bond donors (Lipinski definition) is 3. The monoisotopic (exact) mass is 425 g/mol. The molecule has 0 atom stereocenters. The molecule has 0 saturated carbocycles. The van der Waals surface area contributed by atoms with Crippen molar-refractivity contribution in [2.24, 2.45) is 0 Å². The Morgan fingerprint density at radius 2 is 1.65 bits per heavy atom. The van der Waals surface area contributed by atoms with Gasteiger partial charge in [-0.15, -0.1) is 6.42 Å². The van der Waals surface area contributed by atoms with Crippen LogP contribution in [-0.2, 0) is 9.47 Å². The molecule has 0 amide bonds. The summed E-state index contributed by atoms with van der Waals surface area (Å²) in [5, 5.41) is 23.9. The van der Waals surface area contributed by atoms with E-state index in [1.807, 2.05) is 0 Å². The number of ether oxygens (including phenoxy) is 4. The van der Waals surface area contributed by atoms with Crippen LogP contribution in [-0.4, -0.2) is 60.8 Å². The number of aromatic hydroxyl groups is 2. The van der Waals surface area contributed by atoms with E-state index in [0.717, 1.165) is 0 Å². The van der Waals surface area contributed by atoms with Crippen LogP contribution in [0.2, 0.25) is 0 Å². The van der Waals surface area contributed by atoms with Crippen molar-refractivity contribution in [2.75, 3.05) is 46.0 Å². The zero-order valence-corrected chi connectivity index (χ0v) is 17.2. The summed E-state index contributed by atoms with van der Waals surface area (Å²) < 4.78 is 21.7. The lowest BCUT2D eigenvalue weighted by atomic mass is 10.1. The largest absolute Gasteiger partial charge is 0.506 e. The van der Waals surface area contributed by atoms with Crippen LogP contribution in [0.15, 0.2) is 30.6 Å². The molecule has 9 nitrogen and oxygen atoms in total. The number of nitrogens with one attached hydrogen (secondary N) is 1. The van der Waals surface area contributed by atoms with Gasteiger partial charge in [0.25, 0.3) is 0 Å². The topological polar surface area (TPSA) is 115 Å². The minimum Gasteiger partial charge on any atom is -0.506 e. The van der Waals surface area contributed by atoms with Crippen molar-refractivity contribution in [2.45, 2.75) is 0 Å². The maximum atomic E-state index is 10.4. The molecule has 0 radical (unpaired) electrons. The van der Waals surface area contributed by atoms with Crippen LogP contribution < -0.4 is 14.8 Å². The van der Waals surface area contributed by atoms with Crippen molar-refractivity contribution >= 4 is 22.4 Å². The molecular weight excluding hydrogens is 402 g/mol. The van der Waals surface area contributed by atoms with Crippen molar-refractivity contribution in [1.82, 2.24) is 9.97 Å².